The second-order valence-corrected chi connectivity index (χ2v) is 9.10. The molecule has 35 heavy (non-hydrogen) atoms. The third kappa shape index (κ3) is 3.93. The molecule has 8 heteroatoms. The Labute approximate surface area is 201 Å². The first kappa shape index (κ1) is 23.0. The number of carbonyl (C=O) groups is 1. The van der Waals surface area contributed by atoms with Crippen molar-refractivity contribution in [3.63, 3.8) is 0 Å². The molecule has 1 atom stereocenters. The van der Waals surface area contributed by atoms with Crippen molar-refractivity contribution in [1.29, 1.82) is 0 Å². The van der Waals surface area contributed by atoms with Crippen LogP contribution in [0, 0.1) is 19.7 Å². The van der Waals surface area contributed by atoms with Gasteiger partial charge in [0, 0.05) is 49.9 Å². The normalized spacial score (nSPS) is 16.2. The molecule has 0 aliphatic carbocycles. The number of hydrogen-bond acceptors (Lipinski definition) is 5. The molecule has 1 unspecified atom stereocenters. The number of aromatic nitrogens is 2. The Morgan fingerprint density at radius 2 is 2.03 bits per heavy atom. The summed E-state index contributed by atoms with van der Waals surface area (Å²) >= 11 is 0. The number of carboxylic acids is 1. The van der Waals surface area contributed by atoms with E-state index in [1.165, 1.54) is 29.6 Å². The summed E-state index contributed by atoms with van der Waals surface area (Å²) in [4.78, 5) is 31.3. The van der Waals surface area contributed by atoms with Crippen LogP contribution in [0.25, 0.3) is 21.8 Å². The molecule has 1 aliphatic heterocycles. The van der Waals surface area contributed by atoms with E-state index < -0.39 is 17.2 Å². The number of halogens is 1. The lowest BCUT2D eigenvalue weighted by molar-refractivity contribution is 0.0695. The molecule has 7 nitrogen and oxygen atoms in total. The minimum Gasteiger partial charge on any atom is -0.477 e. The molecule has 1 fully saturated rings. The molecule has 1 aliphatic rings. The van der Waals surface area contributed by atoms with Crippen molar-refractivity contribution in [3.8, 4) is 0 Å². The van der Waals surface area contributed by atoms with E-state index in [0.29, 0.717) is 48.3 Å². The maximum Gasteiger partial charge on any atom is 0.341 e. The van der Waals surface area contributed by atoms with Crippen LogP contribution in [-0.4, -0.2) is 40.3 Å². The van der Waals surface area contributed by atoms with E-state index in [-0.39, 0.29) is 17.0 Å². The van der Waals surface area contributed by atoms with Crippen molar-refractivity contribution < 1.29 is 14.3 Å². The van der Waals surface area contributed by atoms with Gasteiger partial charge in [-0.2, -0.15) is 0 Å². The molecule has 2 aromatic carbocycles. The van der Waals surface area contributed by atoms with Crippen LogP contribution in [0.2, 0.25) is 0 Å². The van der Waals surface area contributed by atoms with Gasteiger partial charge in [0.1, 0.15) is 11.4 Å². The Morgan fingerprint density at radius 1 is 1.23 bits per heavy atom. The van der Waals surface area contributed by atoms with Gasteiger partial charge in [0.05, 0.1) is 28.3 Å². The number of rotatable bonds is 4. The number of anilines is 1. The number of carboxylic acid groups (broad SMARTS) is 1. The maximum absolute atomic E-state index is 15.3. The van der Waals surface area contributed by atoms with E-state index in [9.17, 15) is 14.7 Å². The highest BCUT2D eigenvalue weighted by atomic mass is 19.1. The van der Waals surface area contributed by atoms with Gasteiger partial charge >= 0.3 is 5.97 Å². The summed E-state index contributed by atoms with van der Waals surface area (Å²) in [6.45, 7) is 8.32. The van der Waals surface area contributed by atoms with Gasteiger partial charge in [0.2, 0.25) is 5.43 Å². The number of aromatic carboxylic acids is 1. The molecule has 0 amide bonds. The first-order valence-corrected chi connectivity index (χ1v) is 11.7. The lowest BCUT2D eigenvalue weighted by Gasteiger charge is -2.36. The zero-order valence-electron chi connectivity index (χ0n) is 19.9. The van der Waals surface area contributed by atoms with Crippen molar-refractivity contribution >= 4 is 33.5 Å². The zero-order valence-corrected chi connectivity index (χ0v) is 19.9. The van der Waals surface area contributed by atoms with E-state index in [0.717, 1.165) is 5.56 Å². The van der Waals surface area contributed by atoms with Crippen LogP contribution in [0.3, 0.4) is 0 Å². The Hall–Kier alpha value is -3.78. The number of benzene rings is 2. The molecule has 1 saturated heterocycles. The smallest absolute Gasteiger partial charge is 0.341 e. The van der Waals surface area contributed by atoms with E-state index >= 15 is 4.39 Å². The monoisotopic (exact) mass is 474 g/mol. The fraction of sp³-hybridized carbons (Fsp3) is 0.296. The molecule has 0 bridgehead atoms. The molecule has 180 valence electrons. The molecular formula is C27H27FN4O3. The first-order chi connectivity index (χ1) is 16.8. The average molecular weight is 475 g/mol. The van der Waals surface area contributed by atoms with Gasteiger partial charge in [-0.25, -0.2) is 9.18 Å². The van der Waals surface area contributed by atoms with Crippen LogP contribution in [0.4, 0.5) is 10.1 Å². The molecule has 0 spiro atoms. The summed E-state index contributed by atoms with van der Waals surface area (Å²) in [7, 11) is 0. The van der Waals surface area contributed by atoms with E-state index in [4.69, 9.17) is 0 Å². The molecular weight excluding hydrogens is 447 g/mol. The average Bonchev–Trinajstić information content (AvgIpc) is 2.85. The van der Waals surface area contributed by atoms with Crippen LogP contribution < -0.4 is 15.6 Å². The second-order valence-electron chi connectivity index (χ2n) is 9.10. The van der Waals surface area contributed by atoms with Crippen molar-refractivity contribution in [2.45, 2.75) is 33.4 Å². The van der Waals surface area contributed by atoms with Crippen LogP contribution in [-0.2, 0) is 6.54 Å². The highest BCUT2D eigenvalue weighted by Crippen LogP contribution is 2.31. The summed E-state index contributed by atoms with van der Waals surface area (Å²) in [6.07, 6.45) is 2.85. The van der Waals surface area contributed by atoms with E-state index in [2.05, 4.69) is 42.3 Å². The SMILES string of the molecule is CCn1cc(C(=O)O)c(=O)c2c3cc(N4CCNC(c5ccc(C)c(C)c5)C4)c(F)cc3ncc21. The zero-order chi connectivity index (χ0) is 24.9. The minimum absolute atomic E-state index is 0.0275. The first-order valence-electron chi connectivity index (χ1n) is 11.7. The van der Waals surface area contributed by atoms with E-state index in [1.807, 2.05) is 11.8 Å². The number of nitrogens with one attached hydrogen (secondary N) is 1. The van der Waals surface area contributed by atoms with Crippen molar-refractivity contribution in [2.24, 2.45) is 0 Å². The number of nitrogens with zero attached hydrogens (tertiary/aromatic N) is 3. The summed E-state index contributed by atoms with van der Waals surface area (Å²) in [6, 6.07) is 9.36. The molecule has 4 aromatic rings. The van der Waals surface area contributed by atoms with Crippen molar-refractivity contribution in [2.75, 3.05) is 24.5 Å². The number of hydrogen-bond donors (Lipinski definition) is 2. The number of piperazine rings is 1. The summed E-state index contributed by atoms with van der Waals surface area (Å²) in [5.74, 6) is -1.71. The lowest BCUT2D eigenvalue weighted by Crippen LogP contribution is -2.46. The van der Waals surface area contributed by atoms with E-state index in [1.54, 1.807) is 10.6 Å². The Kier molecular flexibility index (Phi) is 5.76. The number of aryl methyl sites for hydroxylation is 3. The van der Waals surface area contributed by atoms with Crippen LogP contribution in [0.15, 0.2) is 47.5 Å². The van der Waals surface area contributed by atoms with Crippen LogP contribution in [0.1, 0.15) is 40.0 Å². The molecule has 0 radical (unpaired) electrons. The topological polar surface area (TPSA) is 87.5 Å². The van der Waals surface area contributed by atoms with Gasteiger partial charge in [-0.05, 0) is 43.5 Å². The van der Waals surface area contributed by atoms with Crippen molar-refractivity contribution in [3.05, 3.63) is 81.0 Å². The van der Waals surface area contributed by atoms with Gasteiger partial charge in [-0.15, -0.1) is 0 Å². The molecule has 2 aromatic heterocycles. The largest absolute Gasteiger partial charge is 0.477 e. The lowest BCUT2D eigenvalue weighted by atomic mass is 9.99. The Bertz CT molecular complexity index is 1550. The van der Waals surface area contributed by atoms with Gasteiger partial charge in [-0.3, -0.25) is 9.78 Å². The van der Waals surface area contributed by atoms with Gasteiger partial charge in [0.25, 0.3) is 0 Å². The van der Waals surface area contributed by atoms with Gasteiger partial charge in [-0.1, -0.05) is 18.2 Å². The third-order valence-corrected chi connectivity index (χ3v) is 7.00. The standard InChI is InChI=1S/C27H27FN4O3/c1-4-31-13-19(27(34)35)26(33)25-18-10-23(20(28)11-21(18)30-12-24(25)31)32-8-7-29-22(14-32)17-6-5-15(2)16(3)9-17/h5-6,9-13,22,29H,4,7-8,14H2,1-3H3,(H,34,35). The maximum atomic E-state index is 15.3. The minimum atomic E-state index is -1.29. The Morgan fingerprint density at radius 3 is 2.74 bits per heavy atom. The Balaban J connectivity index is 1.65. The molecule has 2 N–H and O–H groups in total. The fourth-order valence-electron chi connectivity index (χ4n) is 4.90. The van der Waals surface area contributed by atoms with Crippen LogP contribution in [0.5, 0.6) is 0 Å². The van der Waals surface area contributed by atoms with Gasteiger partial charge < -0.3 is 19.9 Å². The molecule has 0 saturated carbocycles. The highest BCUT2D eigenvalue weighted by molar-refractivity contribution is 6.07. The molecule has 5 rings (SSSR count). The fourth-order valence-corrected chi connectivity index (χ4v) is 4.90. The summed E-state index contributed by atoms with van der Waals surface area (Å²) in [5.41, 5.74) is 3.90. The summed E-state index contributed by atoms with van der Waals surface area (Å²) in [5, 5.41) is 13.8. The predicted molar refractivity (Wildman–Crippen MR) is 135 cm³/mol. The number of pyridine rings is 2. The highest BCUT2D eigenvalue weighted by Gasteiger charge is 2.25. The third-order valence-electron chi connectivity index (χ3n) is 7.00. The van der Waals surface area contributed by atoms with Gasteiger partial charge in [0.15, 0.2) is 0 Å². The van der Waals surface area contributed by atoms with Crippen molar-refractivity contribution in [1.82, 2.24) is 14.9 Å². The summed E-state index contributed by atoms with van der Waals surface area (Å²) < 4.78 is 17.0. The quantitative estimate of drug-likeness (QED) is 0.432. The number of fused-ring (bicyclic) bond motifs is 3. The molecule has 3 heterocycles. The predicted octanol–water partition coefficient (Wildman–Crippen LogP) is 4.17. The second kappa shape index (κ2) is 8.78. The van der Waals surface area contributed by atoms with Crippen LogP contribution >= 0.6 is 0 Å².